The maximum absolute atomic E-state index is 12.7. The smallest absolute Gasteiger partial charge is 0.234 e. The summed E-state index contributed by atoms with van der Waals surface area (Å²) in [5.41, 5.74) is 4.44. The van der Waals surface area contributed by atoms with E-state index in [1.54, 1.807) is 12.1 Å². The fourth-order valence-corrected chi connectivity index (χ4v) is 5.29. The molecule has 5 rings (SSSR count). The van der Waals surface area contributed by atoms with Gasteiger partial charge in [0.25, 0.3) is 0 Å². The molecule has 0 spiro atoms. The topological polar surface area (TPSA) is 110 Å². The Morgan fingerprint density at radius 3 is 2.56 bits per heavy atom. The van der Waals surface area contributed by atoms with Crippen LogP contribution >= 0.6 is 11.8 Å². The number of fused-ring (bicyclic) bond motifs is 1. The molecule has 2 heterocycles. The number of thioether (sulfide) groups is 1. The summed E-state index contributed by atoms with van der Waals surface area (Å²) in [7, 11) is -3.30. The van der Waals surface area contributed by atoms with Crippen LogP contribution in [0.3, 0.4) is 0 Å². The first kappa shape index (κ1) is 23.8. The third-order valence-electron chi connectivity index (χ3n) is 5.62. The second kappa shape index (κ2) is 9.63. The third-order valence-corrected chi connectivity index (χ3v) is 7.68. The zero-order valence-electron chi connectivity index (χ0n) is 19.6. The summed E-state index contributed by atoms with van der Waals surface area (Å²) in [4.78, 5) is 16.2. The van der Waals surface area contributed by atoms with Crippen molar-refractivity contribution >= 4 is 44.1 Å². The Kier molecular flexibility index (Phi) is 6.38. The second-order valence-corrected chi connectivity index (χ2v) is 11.3. The molecule has 5 aromatic rings. The zero-order valence-corrected chi connectivity index (χ0v) is 21.2. The summed E-state index contributed by atoms with van der Waals surface area (Å²) < 4.78 is 25.3. The van der Waals surface area contributed by atoms with Crippen LogP contribution in [-0.4, -0.2) is 46.1 Å². The number of H-pyrrole nitrogens is 1. The number of nitrogens with one attached hydrogen (secondary N) is 2. The Labute approximate surface area is 212 Å². The van der Waals surface area contributed by atoms with Gasteiger partial charge in [0, 0.05) is 40.3 Å². The van der Waals surface area contributed by atoms with E-state index in [4.69, 9.17) is 0 Å². The summed E-state index contributed by atoms with van der Waals surface area (Å²) in [5.74, 6) is 0.544. The molecule has 0 bridgehead atoms. The number of carbonyl (C=O) groups is 1. The molecule has 0 atom stereocenters. The van der Waals surface area contributed by atoms with Gasteiger partial charge in [0.2, 0.25) is 5.91 Å². The van der Waals surface area contributed by atoms with Gasteiger partial charge in [-0.05, 0) is 55.0 Å². The minimum Gasteiger partial charge on any atom is -0.360 e. The molecule has 182 valence electrons. The highest BCUT2D eigenvalue weighted by Gasteiger charge is 2.20. The van der Waals surface area contributed by atoms with Crippen molar-refractivity contribution in [3.63, 3.8) is 0 Å². The van der Waals surface area contributed by atoms with E-state index in [1.165, 1.54) is 23.9 Å². The molecule has 0 aliphatic rings. The predicted octanol–water partition coefficient (Wildman–Crippen LogP) is 4.86. The number of nitrogens with zero attached hydrogens (tertiary/aromatic N) is 3. The average Bonchev–Trinajstić information content (AvgIpc) is 3.46. The Balaban J connectivity index is 1.42. The van der Waals surface area contributed by atoms with Gasteiger partial charge in [-0.25, -0.2) is 8.42 Å². The molecule has 0 saturated heterocycles. The largest absolute Gasteiger partial charge is 0.360 e. The van der Waals surface area contributed by atoms with E-state index in [9.17, 15) is 13.2 Å². The van der Waals surface area contributed by atoms with Gasteiger partial charge in [-0.15, -0.1) is 10.2 Å². The molecule has 2 N–H and O–H groups in total. The van der Waals surface area contributed by atoms with Crippen LogP contribution < -0.4 is 5.32 Å². The predicted molar refractivity (Wildman–Crippen MR) is 142 cm³/mol. The van der Waals surface area contributed by atoms with Crippen LogP contribution in [0.25, 0.3) is 28.0 Å². The Bertz CT molecular complexity index is 1670. The van der Waals surface area contributed by atoms with Gasteiger partial charge in [0.15, 0.2) is 20.8 Å². The monoisotopic (exact) mass is 517 g/mol. The van der Waals surface area contributed by atoms with E-state index >= 15 is 0 Å². The number of benzene rings is 3. The van der Waals surface area contributed by atoms with Gasteiger partial charge in [0.1, 0.15) is 0 Å². The van der Waals surface area contributed by atoms with E-state index in [2.05, 4.69) is 26.6 Å². The maximum atomic E-state index is 12.7. The molecular weight excluding hydrogens is 494 g/mol. The highest BCUT2D eigenvalue weighted by molar-refractivity contribution is 7.99. The van der Waals surface area contributed by atoms with Crippen LogP contribution in [-0.2, 0) is 14.6 Å². The van der Waals surface area contributed by atoms with E-state index in [1.807, 2.05) is 60.2 Å². The lowest BCUT2D eigenvalue weighted by Gasteiger charge is -2.11. The van der Waals surface area contributed by atoms with Crippen molar-refractivity contribution in [3.8, 4) is 17.1 Å². The summed E-state index contributed by atoms with van der Waals surface area (Å²) in [6.07, 6.45) is 3.06. The molecule has 0 aliphatic heterocycles. The maximum Gasteiger partial charge on any atom is 0.234 e. The number of hydrogen-bond donors (Lipinski definition) is 2. The number of rotatable bonds is 7. The van der Waals surface area contributed by atoms with Gasteiger partial charge in [0.05, 0.1) is 10.6 Å². The standard InChI is InChI=1S/C26H23N5O3S2/c1-17-6-5-7-19(14-17)31-25(22-15-27-23-9-4-3-8-21(22)23)29-30-26(31)35-16-24(32)28-18-10-12-20(13-11-18)36(2,33)34/h3-15,27H,16H2,1-2H3,(H,28,32). The summed E-state index contributed by atoms with van der Waals surface area (Å²) >= 11 is 1.28. The molecule has 0 radical (unpaired) electrons. The van der Waals surface area contributed by atoms with Crippen LogP contribution in [0.15, 0.2) is 89.0 Å². The molecule has 8 nitrogen and oxygen atoms in total. The number of carbonyl (C=O) groups excluding carboxylic acids is 1. The highest BCUT2D eigenvalue weighted by Crippen LogP contribution is 2.32. The van der Waals surface area contributed by atoms with E-state index in [0.29, 0.717) is 16.7 Å². The molecule has 1 amide bonds. The van der Waals surface area contributed by atoms with Crippen molar-refractivity contribution in [3.05, 3.63) is 84.6 Å². The number of para-hydroxylation sites is 1. The van der Waals surface area contributed by atoms with E-state index < -0.39 is 9.84 Å². The van der Waals surface area contributed by atoms with Crippen LogP contribution in [0, 0.1) is 6.92 Å². The summed E-state index contributed by atoms with van der Waals surface area (Å²) in [6.45, 7) is 2.02. The third kappa shape index (κ3) is 4.91. The van der Waals surface area contributed by atoms with E-state index in [0.717, 1.165) is 34.0 Å². The number of hydrogen-bond acceptors (Lipinski definition) is 6. The number of aromatic amines is 1. The van der Waals surface area contributed by atoms with Crippen molar-refractivity contribution in [2.45, 2.75) is 17.0 Å². The first-order valence-electron chi connectivity index (χ1n) is 11.1. The first-order chi connectivity index (χ1) is 17.3. The van der Waals surface area contributed by atoms with Gasteiger partial charge in [-0.3, -0.25) is 9.36 Å². The van der Waals surface area contributed by atoms with Crippen molar-refractivity contribution in [1.82, 2.24) is 19.7 Å². The molecule has 0 aliphatic carbocycles. The lowest BCUT2D eigenvalue weighted by Crippen LogP contribution is -2.14. The fourth-order valence-electron chi connectivity index (χ4n) is 3.91. The van der Waals surface area contributed by atoms with Gasteiger partial charge in [-0.2, -0.15) is 0 Å². The molecule has 36 heavy (non-hydrogen) atoms. The molecule has 0 unspecified atom stereocenters. The summed E-state index contributed by atoms with van der Waals surface area (Å²) in [6, 6.07) is 22.1. The number of aryl methyl sites for hydroxylation is 1. The molecule has 10 heteroatoms. The minimum absolute atomic E-state index is 0.103. The van der Waals surface area contributed by atoms with Crippen LogP contribution in [0.1, 0.15) is 5.56 Å². The molecule has 3 aromatic carbocycles. The average molecular weight is 518 g/mol. The molecular formula is C26H23N5O3S2. The Morgan fingerprint density at radius 1 is 1.03 bits per heavy atom. The van der Waals surface area contributed by atoms with Crippen molar-refractivity contribution in [2.24, 2.45) is 0 Å². The number of amides is 1. The SMILES string of the molecule is Cc1cccc(-n2c(SCC(=O)Nc3ccc(S(C)(=O)=O)cc3)nnc2-c2c[nH]c3ccccc23)c1. The van der Waals surface area contributed by atoms with Gasteiger partial charge < -0.3 is 10.3 Å². The van der Waals surface area contributed by atoms with Crippen molar-refractivity contribution in [2.75, 3.05) is 17.3 Å². The number of sulfone groups is 1. The summed E-state index contributed by atoms with van der Waals surface area (Å²) in [5, 5.41) is 13.3. The van der Waals surface area contributed by atoms with Crippen molar-refractivity contribution < 1.29 is 13.2 Å². The molecule has 2 aromatic heterocycles. The van der Waals surface area contributed by atoms with Crippen LogP contribution in [0.5, 0.6) is 0 Å². The van der Waals surface area contributed by atoms with E-state index in [-0.39, 0.29) is 16.6 Å². The fraction of sp³-hybridized carbons (Fsp3) is 0.115. The quantitative estimate of drug-likeness (QED) is 0.299. The molecule has 0 saturated carbocycles. The van der Waals surface area contributed by atoms with Crippen LogP contribution in [0.2, 0.25) is 0 Å². The zero-order chi connectivity index (χ0) is 25.3. The Hall–Kier alpha value is -3.89. The lowest BCUT2D eigenvalue weighted by atomic mass is 10.1. The van der Waals surface area contributed by atoms with Gasteiger partial charge in [-0.1, -0.05) is 42.1 Å². The van der Waals surface area contributed by atoms with Crippen molar-refractivity contribution in [1.29, 1.82) is 0 Å². The van der Waals surface area contributed by atoms with Crippen LogP contribution in [0.4, 0.5) is 5.69 Å². The molecule has 0 fully saturated rings. The lowest BCUT2D eigenvalue weighted by molar-refractivity contribution is -0.113. The Morgan fingerprint density at radius 2 is 1.81 bits per heavy atom. The second-order valence-electron chi connectivity index (χ2n) is 8.36. The van der Waals surface area contributed by atoms with Gasteiger partial charge >= 0.3 is 0 Å². The minimum atomic E-state index is -3.30. The normalized spacial score (nSPS) is 11.6. The number of anilines is 1. The number of aromatic nitrogens is 4. The highest BCUT2D eigenvalue weighted by atomic mass is 32.2. The first-order valence-corrected chi connectivity index (χ1v) is 14.0.